The van der Waals surface area contributed by atoms with Gasteiger partial charge in [0.1, 0.15) is 11.2 Å². The van der Waals surface area contributed by atoms with Crippen LogP contribution >= 0.6 is 11.3 Å². The van der Waals surface area contributed by atoms with Gasteiger partial charge in [0.15, 0.2) is 0 Å². The molecule has 0 bridgehead atoms. The van der Waals surface area contributed by atoms with Gasteiger partial charge in [-0.1, -0.05) is 140 Å². The normalized spacial score (nSPS) is 12.4. The van der Waals surface area contributed by atoms with Crippen LogP contribution in [0.15, 0.2) is 162 Å². The van der Waals surface area contributed by atoms with Gasteiger partial charge in [0.05, 0.1) is 0 Å². The molecular formula is C48H26OS. The quantitative estimate of drug-likeness (QED) is 0.170. The summed E-state index contributed by atoms with van der Waals surface area (Å²) in [4.78, 5) is 0. The van der Waals surface area contributed by atoms with E-state index in [0.717, 1.165) is 27.5 Å². The molecule has 2 aromatic heterocycles. The fourth-order valence-electron chi connectivity index (χ4n) is 8.79. The van der Waals surface area contributed by atoms with Crippen LogP contribution in [0.4, 0.5) is 0 Å². The summed E-state index contributed by atoms with van der Waals surface area (Å²) in [5, 5.41) is 17.6. The van der Waals surface area contributed by atoms with Gasteiger partial charge in [0.25, 0.3) is 0 Å². The number of rotatable bonds is 2. The van der Waals surface area contributed by atoms with Crippen molar-refractivity contribution in [3.05, 3.63) is 158 Å². The Labute approximate surface area is 290 Å². The molecule has 50 heavy (non-hydrogen) atoms. The minimum Gasteiger partial charge on any atom is -0.455 e. The summed E-state index contributed by atoms with van der Waals surface area (Å²) in [6.45, 7) is 0. The zero-order valence-electron chi connectivity index (χ0n) is 26.8. The van der Waals surface area contributed by atoms with Gasteiger partial charge >= 0.3 is 0 Å². The number of thiophene rings is 1. The summed E-state index contributed by atoms with van der Waals surface area (Å²) in [5.41, 5.74) is 6.64. The van der Waals surface area contributed by atoms with Gasteiger partial charge in [-0.05, 0) is 83.4 Å². The molecule has 230 valence electrons. The molecule has 0 N–H and O–H groups in total. The lowest BCUT2D eigenvalue weighted by Gasteiger charge is -2.15. The molecule has 0 saturated carbocycles. The van der Waals surface area contributed by atoms with Crippen LogP contribution in [0.25, 0.3) is 118 Å². The van der Waals surface area contributed by atoms with Crippen molar-refractivity contribution in [1.29, 1.82) is 0 Å². The SMILES string of the molecule is c1ccc2c(c1)ccc1c2oc2c(-c3cccc4sc5c6ccccc6ccc5c34)ccc(-c3ccc4ccc5cccc6ccc3c4c56)c21. The third-order valence-corrected chi connectivity index (χ3v) is 12.2. The van der Waals surface area contributed by atoms with Crippen molar-refractivity contribution in [3.8, 4) is 22.3 Å². The van der Waals surface area contributed by atoms with Crippen molar-refractivity contribution in [2.75, 3.05) is 0 Å². The van der Waals surface area contributed by atoms with E-state index in [1.165, 1.54) is 90.7 Å². The van der Waals surface area contributed by atoms with Crippen molar-refractivity contribution in [3.63, 3.8) is 0 Å². The molecule has 0 atom stereocenters. The first kappa shape index (κ1) is 26.7. The first-order valence-corrected chi connectivity index (χ1v) is 18.0. The van der Waals surface area contributed by atoms with Gasteiger partial charge in [0.2, 0.25) is 0 Å². The smallest absolute Gasteiger partial charge is 0.143 e. The van der Waals surface area contributed by atoms with Crippen LogP contribution in [-0.4, -0.2) is 0 Å². The first-order chi connectivity index (χ1) is 24.8. The Kier molecular flexibility index (Phi) is 5.18. The summed E-state index contributed by atoms with van der Waals surface area (Å²) >= 11 is 1.89. The van der Waals surface area contributed by atoms with Crippen LogP contribution in [0, 0.1) is 0 Å². The zero-order chi connectivity index (χ0) is 32.5. The summed E-state index contributed by atoms with van der Waals surface area (Å²) in [7, 11) is 0. The molecule has 0 radical (unpaired) electrons. The monoisotopic (exact) mass is 650 g/mol. The van der Waals surface area contributed by atoms with Crippen molar-refractivity contribution < 1.29 is 4.42 Å². The predicted molar refractivity (Wildman–Crippen MR) is 216 cm³/mol. The van der Waals surface area contributed by atoms with Gasteiger partial charge in [0, 0.05) is 41.9 Å². The van der Waals surface area contributed by atoms with Gasteiger partial charge in [-0.25, -0.2) is 0 Å². The highest BCUT2D eigenvalue weighted by Gasteiger charge is 2.23. The van der Waals surface area contributed by atoms with E-state index >= 15 is 0 Å². The van der Waals surface area contributed by atoms with Crippen LogP contribution in [0.2, 0.25) is 0 Å². The standard InChI is InChI=1S/C48H26OS/c1-3-11-32-27(7-1)17-23-39-45-37(34-21-19-31-16-15-29-9-5-10-30-20-22-36(34)43(31)42(29)30)25-26-38(47(45)49-46(32)39)35-13-6-14-41-44(35)40-24-18-28-8-2-4-12-33(28)48(40)50-41/h1-26H. The molecule has 12 rings (SSSR count). The molecule has 0 aliphatic rings. The Morgan fingerprint density at radius 2 is 0.880 bits per heavy atom. The summed E-state index contributed by atoms with van der Waals surface area (Å²) in [5.74, 6) is 0. The number of fused-ring (bicyclic) bond motifs is 10. The van der Waals surface area contributed by atoms with E-state index < -0.39 is 0 Å². The molecule has 2 heterocycles. The highest BCUT2D eigenvalue weighted by molar-refractivity contribution is 7.26. The van der Waals surface area contributed by atoms with Crippen molar-refractivity contribution in [2.24, 2.45) is 0 Å². The van der Waals surface area contributed by atoms with E-state index in [-0.39, 0.29) is 0 Å². The summed E-state index contributed by atoms with van der Waals surface area (Å²) in [6.07, 6.45) is 0. The third kappa shape index (κ3) is 3.46. The van der Waals surface area contributed by atoms with Crippen LogP contribution < -0.4 is 0 Å². The average Bonchev–Trinajstić information content (AvgIpc) is 3.77. The molecule has 1 nitrogen and oxygen atoms in total. The molecule has 0 saturated heterocycles. The Bertz CT molecular complexity index is 3360. The molecular weight excluding hydrogens is 625 g/mol. The highest BCUT2D eigenvalue weighted by atomic mass is 32.1. The maximum absolute atomic E-state index is 7.15. The fourth-order valence-corrected chi connectivity index (χ4v) is 10.1. The summed E-state index contributed by atoms with van der Waals surface area (Å²) in [6, 6.07) is 58.1. The molecule has 12 aromatic rings. The number of furan rings is 1. The lowest BCUT2D eigenvalue weighted by molar-refractivity contribution is 0.674. The number of benzene rings is 10. The van der Waals surface area contributed by atoms with E-state index in [1.807, 2.05) is 11.3 Å². The molecule has 0 amide bonds. The van der Waals surface area contributed by atoms with E-state index in [1.54, 1.807) is 0 Å². The van der Waals surface area contributed by atoms with Gasteiger partial charge < -0.3 is 4.42 Å². The fraction of sp³-hybridized carbons (Fsp3) is 0. The maximum atomic E-state index is 7.15. The van der Waals surface area contributed by atoms with Crippen LogP contribution in [0.1, 0.15) is 0 Å². The minimum absolute atomic E-state index is 0.937. The van der Waals surface area contributed by atoms with Crippen LogP contribution in [0.5, 0.6) is 0 Å². The minimum atomic E-state index is 0.937. The van der Waals surface area contributed by atoms with E-state index in [2.05, 4.69) is 158 Å². The second kappa shape index (κ2) is 9.69. The Hall–Kier alpha value is -6.22. The van der Waals surface area contributed by atoms with Gasteiger partial charge in [-0.15, -0.1) is 11.3 Å². The molecule has 2 heteroatoms. The first-order valence-electron chi connectivity index (χ1n) is 17.2. The van der Waals surface area contributed by atoms with Gasteiger partial charge in [-0.2, -0.15) is 0 Å². The predicted octanol–water partition coefficient (Wildman–Crippen LogP) is 14.5. The van der Waals surface area contributed by atoms with E-state index in [0.29, 0.717) is 0 Å². The molecule has 0 spiro atoms. The highest BCUT2D eigenvalue weighted by Crippen LogP contribution is 2.49. The summed E-state index contributed by atoms with van der Waals surface area (Å²) < 4.78 is 9.78. The Morgan fingerprint density at radius 1 is 0.300 bits per heavy atom. The largest absolute Gasteiger partial charge is 0.455 e. The number of hydrogen-bond donors (Lipinski definition) is 0. The van der Waals surface area contributed by atoms with E-state index in [4.69, 9.17) is 4.42 Å². The second-order valence-corrected chi connectivity index (χ2v) is 14.6. The van der Waals surface area contributed by atoms with Crippen molar-refractivity contribution in [2.45, 2.75) is 0 Å². The van der Waals surface area contributed by atoms with Crippen molar-refractivity contribution >= 4 is 107 Å². The topological polar surface area (TPSA) is 13.1 Å². The average molecular weight is 651 g/mol. The Morgan fingerprint density at radius 3 is 1.74 bits per heavy atom. The second-order valence-electron chi connectivity index (χ2n) is 13.5. The van der Waals surface area contributed by atoms with Gasteiger partial charge in [-0.3, -0.25) is 0 Å². The van der Waals surface area contributed by atoms with Crippen LogP contribution in [0.3, 0.4) is 0 Å². The molecule has 0 aliphatic heterocycles. The lowest BCUT2D eigenvalue weighted by Crippen LogP contribution is -1.89. The third-order valence-electron chi connectivity index (χ3n) is 11.0. The molecule has 0 aliphatic carbocycles. The number of hydrogen-bond acceptors (Lipinski definition) is 2. The van der Waals surface area contributed by atoms with Crippen LogP contribution in [-0.2, 0) is 0 Å². The lowest BCUT2D eigenvalue weighted by atomic mass is 9.87. The molecule has 0 fully saturated rings. The Balaban J connectivity index is 1.22. The van der Waals surface area contributed by atoms with Crippen molar-refractivity contribution in [1.82, 2.24) is 0 Å². The molecule has 10 aromatic carbocycles. The van der Waals surface area contributed by atoms with E-state index in [9.17, 15) is 0 Å². The maximum Gasteiger partial charge on any atom is 0.143 e. The zero-order valence-corrected chi connectivity index (χ0v) is 27.6. The molecule has 0 unspecified atom stereocenters.